The van der Waals surface area contributed by atoms with Gasteiger partial charge in [-0.1, -0.05) is 0 Å². The van der Waals surface area contributed by atoms with Crippen molar-refractivity contribution in [3.63, 3.8) is 0 Å². The second-order valence-electron chi connectivity index (χ2n) is 6.66. The van der Waals surface area contributed by atoms with E-state index in [1.54, 1.807) is 21.3 Å². The van der Waals surface area contributed by atoms with Crippen LogP contribution in [0.25, 0.3) is 0 Å². The Morgan fingerprint density at radius 2 is 1.48 bits per heavy atom. The number of piperazine rings is 1. The number of halogens is 1. The molecule has 3 rings (SSSR count). The highest BCUT2D eigenvalue weighted by molar-refractivity contribution is 9.10. The third-order valence-electron chi connectivity index (χ3n) is 5.22. The lowest BCUT2D eigenvalue weighted by molar-refractivity contribution is 0.198. The van der Waals surface area contributed by atoms with Crippen LogP contribution in [-0.4, -0.2) is 52.4 Å². The molecule has 27 heavy (non-hydrogen) atoms. The van der Waals surface area contributed by atoms with Crippen LogP contribution < -0.4 is 19.1 Å². The summed E-state index contributed by atoms with van der Waals surface area (Å²) in [5, 5.41) is 0. The van der Waals surface area contributed by atoms with Crippen LogP contribution in [0.3, 0.4) is 0 Å². The minimum Gasteiger partial charge on any atom is -0.497 e. The molecule has 0 aromatic heterocycles. The van der Waals surface area contributed by atoms with E-state index >= 15 is 0 Å². The van der Waals surface area contributed by atoms with Gasteiger partial charge >= 0.3 is 0 Å². The summed E-state index contributed by atoms with van der Waals surface area (Å²) < 4.78 is 17.2. The molecule has 0 saturated carbocycles. The number of benzene rings is 2. The van der Waals surface area contributed by atoms with Crippen LogP contribution in [0.5, 0.6) is 17.2 Å². The first-order valence-corrected chi connectivity index (χ1v) is 9.90. The first-order chi connectivity index (χ1) is 13.0. The number of ether oxygens (including phenoxy) is 3. The number of hydrogen-bond donors (Lipinski definition) is 0. The zero-order valence-electron chi connectivity index (χ0n) is 16.4. The summed E-state index contributed by atoms with van der Waals surface area (Å²) in [5.41, 5.74) is 2.41. The molecule has 1 saturated heterocycles. The van der Waals surface area contributed by atoms with Crippen molar-refractivity contribution in [2.45, 2.75) is 13.0 Å². The summed E-state index contributed by atoms with van der Waals surface area (Å²) in [6.45, 7) is 6.21. The molecule has 0 N–H and O–H groups in total. The molecule has 1 atom stereocenters. The molecule has 0 radical (unpaired) electrons. The van der Waals surface area contributed by atoms with Gasteiger partial charge in [0.1, 0.15) is 17.2 Å². The van der Waals surface area contributed by atoms with Crippen LogP contribution in [0.15, 0.2) is 40.9 Å². The van der Waals surface area contributed by atoms with E-state index in [-0.39, 0.29) is 0 Å². The standard InChI is InChI=1S/C21H27BrN2O3/c1-15(16-11-18(25-2)14-19(12-16)26-3)23-7-9-24(10-8-23)17-5-6-20(22)21(13-17)27-4/h5-6,11-15H,7-10H2,1-4H3. The van der Waals surface area contributed by atoms with Gasteiger partial charge in [0.15, 0.2) is 0 Å². The fourth-order valence-electron chi connectivity index (χ4n) is 3.49. The smallest absolute Gasteiger partial charge is 0.135 e. The second kappa shape index (κ2) is 8.85. The zero-order valence-corrected chi connectivity index (χ0v) is 18.0. The van der Waals surface area contributed by atoms with Crippen molar-refractivity contribution in [1.29, 1.82) is 0 Å². The van der Waals surface area contributed by atoms with Crippen molar-refractivity contribution in [2.24, 2.45) is 0 Å². The van der Waals surface area contributed by atoms with E-state index in [0.29, 0.717) is 6.04 Å². The molecule has 146 valence electrons. The lowest BCUT2D eigenvalue weighted by atomic mass is 10.0. The minimum absolute atomic E-state index is 0.301. The summed E-state index contributed by atoms with van der Waals surface area (Å²) in [6.07, 6.45) is 0. The highest BCUT2D eigenvalue weighted by Gasteiger charge is 2.23. The molecule has 2 aromatic rings. The molecular weight excluding hydrogens is 408 g/mol. The van der Waals surface area contributed by atoms with Crippen LogP contribution in [0.1, 0.15) is 18.5 Å². The fraction of sp³-hybridized carbons (Fsp3) is 0.429. The van der Waals surface area contributed by atoms with Crippen LogP contribution >= 0.6 is 15.9 Å². The van der Waals surface area contributed by atoms with Crippen LogP contribution in [0, 0.1) is 0 Å². The van der Waals surface area contributed by atoms with Crippen molar-refractivity contribution >= 4 is 21.6 Å². The number of anilines is 1. The minimum atomic E-state index is 0.301. The molecule has 1 unspecified atom stereocenters. The van der Waals surface area contributed by atoms with Gasteiger partial charge in [0.05, 0.1) is 25.8 Å². The van der Waals surface area contributed by atoms with Gasteiger partial charge in [0.2, 0.25) is 0 Å². The Morgan fingerprint density at radius 1 is 0.852 bits per heavy atom. The third-order valence-corrected chi connectivity index (χ3v) is 5.87. The quantitative estimate of drug-likeness (QED) is 0.674. The van der Waals surface area contributed by atoms with E-state index in [2.05, 4.69) is 56.9 Å². The SMILES string of the molecule is COc1cc(OC)cc(C(C)N2CCN(c3ccc(Br)c(OC)c3)CC2)c1. The maximum Gasteiger partial charge on any atom is 0.135 e. The van der Waals surface area contributed by atoms with E-state index in [0.717, 1.165) is 47.9 Å². The van der Waals surface area contributed by atoms with Gasteiger partial charge in [-0.05, 0) is 52.7 Å². The highest BCUT2D eigenvalue weighted by Crippen LogP contribution is 2.32. The Hall–Kier alpha value is -1.92. The number of methoxy groups -OCH3 is 3. The average molecular weight is 435 g/mol. The zero-order chi connectivity index (χ0) is 19.4. The van der Waals surface area contributed by atoms with E-state index in [4.69, 9.17) is 14.2 Å². The van der Waals surface area contributed by atoms with Crippen molar-refractivity contribution < 1.29 is 14.2 Å². The predicted octanol–water partition coefficient (Wildman–Crippen LogP) is 4.36. The molecular formula is C21H27BrN2O3. The van der Waals surface area contributed by atoms with Crippen molar-refractivity contribution in [3.8, 4) is 17.2 Å². The van der Waals surface area contributed by atoms with Crippen molar-refractivity contribution in [3.05, 3.63) is 46.4 Å². The second-order valence-corrected chi connectivity index (χ2v) is 7.52. The topological polar surface area (TPSA) is 34.2 Å². The maximum atomic E-state index is 5.43. The molecule has 2 aromatic carbocycles. The van der Waals surface area contributed by atoms with Crippen molar-refractivity contribution in [2.75, 3.05) is 52.4 Å². The highest BCUT2D eigenvalue weighted by atomic mass is 79.9. The molecule has 6 heteroatoms. The van der Waals surface area contributed by atoms with Gasteiger partial charge in [0.25, 0.3) is 0 Å². The average Bonchev–Trinajstić information content (AvgIpc) is 2.73. The van der Waals surface area contributed by atoms with Gasteiger partial charge in [0, 0.05) is 50.0 Å². The molecule has 0 aliphatic carbocycles. The number of hydrogen-bond acceptors (Lipinski definition) is 5. The molecule has 1 fully saturated rings. The summed E-state index contributed by atoms with van der Waals surface area (Å²) >= 11 is 3.52. The van der Waals surface area contributed by atoms with E-state index in [1.165, 1.54) is 11.3 Å². The Morgan fingerprint density at radius 3 is 2.04 bits per heavy atom. The number of rotatable bonds is 6. The molecule has 1 aliphatic rings. The summed E-state index contributed by atoms with van der Waals surface area (Å²) in [6, 6.07) is 12.7. The Labute approximate surface area is 169 Å². The third kappa shape index (κ3) is 4.50. The predicted molar refractivity (Wildman–Crippen MR) is 112 cm³/mol. The van der Waals surface area contributed by atoms with Gasteiger partial charge in [-0.3, -0.25) is 4.90 Å². The van der Waals surface area contributed by atoms with Gasteiger partial charge in [-0.15, -0.1) is 0 Å². The summed E-state index contributed by atoms with van der Waals surface area (Å²) in [4.78, 5) is 4.91. The Kier molecular flexibility index (Phi) is 6.50. The van der Waals surface area contributed by atoms with Crippen LogP contribution in [0.2, 0.25) is 0 Å². The van der Waals surface area contributed by atoms with Gasteiger partial charge in [-0.25, -0.2) is 0 Å². The van der Waals surface area contributed by atoms with Crippen LogP contribution in [0.4, 0.5) is 5.69 Å². The summed E-state index contributed by atoms with van der Waals surface area (Å²) in [7, 11) is 5.08. The van der Waals surface area contributed by atoms with E-state index < -0.39 is 0 Å². The number of nitrogens with zero attached hydrogens (tertiary/aromatic N) is 2. The molecule has 0 bridgehead atoms. The maximum absolute atomic E-state index is 5.43. The van der Waals surface area contributed by atoms with Gasteiger partial charge in [-0.2, -0.15) is 0 Å². The summed E-state index contributed by atoms with van der Waals surface area (Å²) in [5.74, 6) is 2.53. The molecule has 1 heterocycles. The Balaban J connectivity index is 1.68. The normalized spacial score (nSPS) is 16.1. The van der Waals surface area contributed by atoms with E-state index in [1.807, 2.05) is 12.1 Å². The first kappa shape index (κ1) is 19.8. The molecule has 5 nitrogen and oxygen atoms in total. The van der Waals surface area contributed by atoms with E-state index in [9.17, 15) is 0 Å². The monoisotopic (exact) mass is 434 g/mol. The molecule has 1 aliphatic heterocycles. The molecule has 0 spiro atoms. The largest absolute Gasteiger partial charge is 0.497 e. The van der Waals surface area contributed by atoms with Crippen molar-refractivity contribution in [1.82, 2.24) is 4.90 Å². The lowest BCUT2D eigenvalue weighted by Crippen LogP contribution is -2.47. The lowest BCUT2D eigenvalue weighted by Gasteiger charge is -2.39. The molecule has 0 amide bonds. The van der Waals surface area contributed by atoms with Crippen LogP contribution in [-0.2, 0) is 0 Å². The van der Waals surface area contributed by atoms with Gasteiger partial charge < -0.3 is 19.1 Å². The Bertz CT molecular complexity index is 754. The fourth-order valence-corrected chi connectivity index (χ4v) is 3.90. The first-order valence-electron chi connectivity index (χ1n) is 9.11.